The van der Waals surface area contributed by atoms with Crippen LogP contribution in [0.25, 0.3) is 10.9 Å². The molecule has 1 heterocycles. The minimum absolute atomic E-state index is 0.0103. The van der Waals surface area contributed by atoms with Crippen molar-refractivity contribution in [3.8, 4) is 5.75 Å². The van der Waals surface area contributed by atoms with Crippen molar-refractivity contribution in [1.29, 1.82) is 0 Å². The molecule has 0 bridgehead atoms. The number of carbonyl (C=O) groups excluding carboxylic acids is 1. The SMILES string of the molecule is COc1ccccc1CC(=O)NCc1ccc2c(c1)cc(C)n2C. The molecule has 1 N–H and O–H groups in total. The number of hydrogen-bond acceptors (Lipinski definition) is 2. The summed E-state index contributed by atoms with van der Waals surface area (Å²) in [7, 11) is 3.68. The maximum Gasteiger partial charge on any atom is 0.224 e. The lowest BCUT2D eigenvalue weighted by Crippen LogP contribution is -2.24. The molecule has 1 amide bonds. The third-order valence-corrected chi connectivity index (χ3v) is 4.38. The molecule has 3 aromatic rings. The summed E-state index contributed by atoms with van der Waals surface area (Å²) in [4.78, 5) is 12.2. The highest BCUT2D eigenvalue weighted by molar-refractivity contribution is 5.82. The molecule has 0 spiro atoms. The number of nitrogens with zero attached hydrogens (tertiary/aromatic N) is 1. The first-order chi connectivity index (χ1) is 11.6. The number of amides is 1. The quantitative estimate of drug-likeness (QED) is 0.783. The second-order valence-electron chi connectivity index (χ2n) is 6.00. The Bertz CT molecular complexity index is 880. The van der Waals surface area contributed by atoms with Crippen LogP contribution < -0.4 is 10.1 Å². The fraction of sp³-hybridized carbons (Fsp3) is 0.250. The standard InChI is InChI=1S/C20H22N2O2/c1-14-10-17-11-15(8-9-18(17)22(14)2)13-21-20(23)12-16-6-4-5-7-19(16)24-3/h4-11H,12-13H2,1-3H3,(H,21,23). The fourth-order valence-corrected chi connectivity index (χ4v) is 2.93. The molecule has 24 heavy (non-hydrogen) atoms. The summed E-state index contributed by atoms with van der Waals surface area (Å²) in [6, 6.07) is 16.1. The van der Waals surface area contributed by atoms with Crippen molar-refractivity contribution in [2.45, 2.75) is 19.9 Å². The van der Waals surface area contributed by atoms with Crippen LogP contribution in [0.3, 0.4) is 0 Å². The van der Waals surface area contributed by atoms with Gasteiger partial charge in [-0.3, -0.25) is 4.79 Å². The number of hydrogen-bond donors (Lipinski definition) is 1. The van der Waals surface area contributed by atoms with Gasteiger partial charge in [0.2, 0.25) is 5.91 Å². The van der Waals surface area contributed by atoms with Crippen molar-refractivity contribution in [1.82, 2.24) is 9.88 Å². The summed E-state index contributed by atoms with van der Waals surface area (Å²) in [6.07, 6.45) is 0.316. The Morgan fingerprint density at radius 2 is 1.96 bits per heavy atom. The number of carbonyl (C=O) groups is 1. The lowest BCUT2D eigenvalue weighted by molar-refractivity contribution is -0.120. The number of benzene rings is 2. The molecule has 0 aliphatic carbocycles. The van der Waals surface area contributed by atoms with Crippen LogP contribution in [0.2, 0.25) is 0 Å². The van der Waals surface area contributed by atoms with Gasteiger partial charge >= 0.3 is 0 Å². The van der Waals surface area contributed by atoms with E-state index in [9.17, 15) is 4.79 Å². The monoisotopic (exact) mass is 322 g/mol. The Labute approximate surface area is 142 Å². The van der Waals surface area contributed by atoms with Crippen LogP contribution >= 0.6 is 0 Å². The van der Waals surface area contributed by atoms with Crippen LogP contribution in [0.1, 0.15) is 16.8 Å². The lowest BCUT2D eigenvalue weighted by Gasteiger charge is -2.09. The van der Waals surface area contributed by atoms with Crippen LogP contribution in [-0.4, -0.2) is 17.6 Å². The van der Waals surface area contributed by atoms with Crippen molar-refractivity contribution < 1.29 is 9.53 Å². The fourth-order valence-electron chi connectivity index (χ4n) is 2.93. The average Bonchev–Trinajstić information content (AvgIpc) is 2.87. The number of fused-ring (bicyclic) bond motifs is 1. The molecule has 0 atom stereocenters. The first kappa shape index (κ1) is 16.1. The van der Waals surface area contributed by atoms with Crippen LogP contribution in [0.15, 0.2) is 48.5 Å². The first-order valence-electron chi connectivity index (χ1n) is 8.02. The van der Waals surface area contributed by atoms with E-state index >= 15 is 0 Å². The van der Waals surface area contributed by atoms with Gasteiger partial charge in [0.05, 0.1) is 13.5 Å². The minimum atomic E-state index is -0.0103. The summed E-state index contributed by atoms with van der Waals surface area (Å²) in [6.45, 7) is 2.62. The van der Waals surface area contributed by atoms with Gasteiger partial charge in [0.25, 0.3) is 0 Å². The smallest absolute Gasteiger partial charge is 0.224 e. The van der Waals surface area contributed by atoms with Gasteiger partial charge in [-0.1, -0.05) is 24.3 Å². The summed E-state index contributed by atoms with van der Waals surface area (Å²) in [5.74, 6) is 0.734. The van der Waals surface area contributed by atoms with E-state index in [2.05, 4.69) is 48.1 Å². The summed E-state index contributed by atoms with van der Waals surface area (Å²) < 4.78 is 7.45. The molecule has 1 aromatic heterocycles. The Morgan fingerprint density at radius 3 is 2.75 bits per heavy atom. The average molecular weight is 322 g/mol. The Balaban J connectivity index is 1.66. The molecule has 0 fully saturated rings. The van der Waals surface area contributed by atoms with Gasteiger partial charge in [-0.15, -0.1) is 0 Å². The zero-order chi connectivity index (χ0) is 17.1. The summed E-state index contributed by atoms with van der Waals surface area (Å²) in [5, 5.41) is 4.18. The molecule has 0 aliphatic heterocycles. The van der Waals surface area contributed by atoms with Crippen LogP contribution in [-0.2, 0) is 24.8 Å². The first-order valence-corrected chi connectivity index (χ1v) is 8.02. The highest BCUT2D eigenvalue weighted by Crippen LogP contribution is 2.20. The lowest BCUT2D eigenvalue weighted by atomic mass is 10.1. The third kappa shape index (κ3) is 3.27. The normalized spacial score (nSPS) is 10.8. The molecule has 4 heteroatoms. The number of aryl methyl sites for hydroxylation is 2. The molecule has 0 unspecified atom stereocenters. The predicted octanol–water partition coefficient (Wildman–Crippen LogP) is 3.35. The van der Waals surface area contributed by atoms with E-state index in [0.717, 1.165) is 16.9 Å². The molecular weight excluding hydrogens is 300 g/mol. The molecule has 3 rings (SSSR count). The highest BCUT2D eigenvalue weighted by Gasteiger charge is 2.09. The number of methoxy groups -OCH3 is 1. The Morgan fingerprint density at radius 1 is 1.17 bits per heavy atom. The number of rotatable bonds is 5. The Hall–Kier alpha value is -2.75. The zero-order valence-electron chi connectivity index (χ0n) is 14.3. The number of para-hydroxylation sites is 1. The van der Waals surface area contributed by atoms with E-state index < -0.39 is 0 Å². The minimum Gasteiger partial charge on any atom is -0.496 e. The highest BCUT2D eigenvalue weighted by atomic mass is 16.5. The molecule has 0 saturated carbocycles. The molecule has 124 valence electrons. The molecule has 0 aliphatic rings. The van der Waals surface area contributed by atoms with Gasteiger partial charge in [0.15, 0.2) is 0 Å². The topological polar surface area (TPSA) is 43.3 Å². The van der Waals surface area contributed by atoms with Crippen LogP contribution in [0.4, 0.5) is 0 Å². The molecule has 4 nitrogen and oxygen atoms in total. The van der Waals surface area contributed by atoms with E-state index in [1.54, 1.807) is 7.11 Å². The Kier molecular flexibility index (Phi) is 4.56. The van der Waals surface area contributed by atoms with Crippen LogP contribution in [0, 0.1) is 6.92 Å². The maximum absolute atomic E-state index is 12.2. The van der Waals surface area contributed by atoms with Gasteiger partial charge in [-0.25, -0.2) is 0 Å². The third-order valence-electron chi connectivity index (χ3n) is 4.38. The molecular formula is C20H22N2O2. The van der Waals surface area contributed by atoms with Gasteiger partial charge in [0, 0.05) is 35.8 Å². The van der Waals surface area contributed by atoms with Crippen molar-refractivity contribution in [2.75, 3.05) is 7.11 Å². The van der Waals surface area contributed by atoms with E-state index in [0.29, 0.717) is 13.0 Å². The summed E-state index contributed by atoms with van der Waals surface area (Å²) in [5.41, 5.74) is 4.42. The van der Waals surface area contributed by atoms with Crippen molar-refractivity contribution in [2.24, 2.45) is 7.05 Å². The van der Waals surface area contributed by atoms with Crippen LogP contribution in [0.5, 0.6) is 5.75 Å². The van der Waals surface area contributed by atoms with E-state index in [1.807, 2.05) is 24.3 Å². The maximum atomic E-state index is 12.2. The number of ether oxygens (including phenoxy) is 1. The number of aromatic nitrogens is 1. The summed E-state index contributed by atoms with van der Waals surface area (Å²) >= 11 is 0. The van der Waals surface area contributed by atoms with Crippen molar-refractivity contribution in [3.63, 3.8) is 0 Å². The largest absolute Gasteiger partial charge is 0.496 e. The van der Waals surface area contributed by atoms with Crippen molar-refractivity contribution in [3.05, 3.63) is 65.4 Å². The van der Waals surface area contributed by atoms with Gasteiger partial charge in [0.1, 0.15) is 5.75 Å². The number of nitrogens with one attached hydrogen (secondary N) is 1. The van der Waals surface area contributed by atoms with Gasteiger partial charge in [-0.05, 0) is 36.8 Å². The van der Waals surface area contributed by atoms with Gasteiger partial charge < -0.3 is 14.6 Å². The second-order valence-corrected chi connectivity index (χ2v) is 6.00. The van der Waals surface area contributed by atoms with Gasteiger partial charge in [-0.2, -0.15) is 0 Å². The molecule has 2 aromatic carbocycles. The van der Waals surface area contributed by atoms with E-state index in [1.165, 1.54) is 16.6 Å². The second kappa shape index (κ2) is 6.79. The van der Waals surface area contributed by atoms with Crippen molar-refractivity contribution >= 4 is 16.8 Å². The van der Waals surface area contributed by atoms with E-state index in [4.69, 9.17) is 4.74 Å². The molecule has 0 saturated heterocycles. The predicted molar refractivity (Wildman–Crippen MR) is 96.2 cm³/mol. The molecule has 0 radical (unpaired) electrons. The van der Waals surface area contributed by atoms with E-state index in [-0.39, 0.29) is 5.91 Å². The zero-order valence-corrected chi connectivity index (χ0v) is 14.3.